The molecule has 4 heteroatoms. The van der Waals surface area contributed by atoms with Gasteiger partial charge in [0.05, 0.1) is 10.2 Å². The van der Waals surface area contributed by atoms with Gasteiger partial charge in [0.2, 0.25) is 0 Å². The number of hydrogen-bond acceptors (Lipinski definition) is 4. The summed E-state index contributed by atoms with van der Waals surface area (Å²) in [7, 11) is 0. The van der Waals surface area contributed by atoms with Crippen LogP contribution < -0.4 is 5.32 Å². The molecule has 0 saturated carbocycles. The molecular formula is C16H16N2S2. The Morgan fingerprint density at radius 3 is 2.80 bits per heavy atom. The van der Waals surface area contributed by atoms with E-state index in [2.05, 4.69) is 66.8 Å². The fourth-order valence-corrected chi connectivity index (χ4v) is 3.52. The lowest BCUT2D eigenvalue weighted by Gasteiger charge is -2.08. The zero-order valence-electron chi connectivity index (χ0n) is 11.7. The number of aryl methyl sites for hydroxylation is 1. The van der Waals surface area contributed by atoms with E-state index in [0.717, 1.165) is 16.3 Å². The van der Waals surface area contributed by atoms with Crippen LogP contribution in [0.2, 0.25) is 0 Å². The van der Waals surface area contributed by atoms with E-state index in [9.17, 15) is 0 Å². The van der Waals surface area contributed by atoms with Crippen LogP contribution in [-0.4, -0.2) is 11.2 Å². The van der Waals surface area contributed by atoms with Gasteiger partial charge in [0, 0.05) is 10.6 Å². The SMILES string of the molecule is CSc1ccc2nc(Nc3cccc(C)c3C)sc2c1. The van der Waals surface area contributed by atoms with Crippen molar-refractivity contribution in [2.24, 2.45) is 0 Å². The second-order valence-corrected chi connectivity index (χ2v) is 6.64. The Kier molecular flexibility index (Phi) is 3.68. The van der Waals surface area contributed by atoms with Crippen molar-refractivity contribution < 1.29 is 0 Å². The number of benzene rings is 2. The maximum absolute atomic E-state index is 4.65. The van der Waals surface area contributed by atoms with Gasteiger partial charge in [0.1, 0.15) is 0 Å². The van der Waals surface area contributed by atoms with E-state index in [1.807, 2.05) is 0 Å². The third kappa shape index (κ3) is 2.53. The van der Waals surface area contributed by atoms with Crippen molar-refractivity contribution in [3.63, 3.8) is 0 Å². The standard InChI is InChI=1S/C16H16N2S2/c1-10-5-4-6-13(11(10)2)17-16-18-14-8-7-12(19-3)9-15(14)20-16/h4-9H,1-3H3,(H,17,18). The molecule has 0 spiro atoms. The van der Waals surface area contributed by atoms with Crippen molar-refractivity contribution in [2.45, 2.75) is 18.7 Å². The number of aromatic nitrogens is 1. The monoisotopic (exact) mass is 300 g/mol. The summed E-state index contributed by atoms with van der Waals surface area (Å²) in [5.41, 5.74) is 4.76. The Balaban J connectivity index is 1.96. The van der Waals surface area contributed by atoms with Crippen molar-refractivity contribution in [1.29, 1.82) is 0 Å². The highest BCUT2D eigenvalue weighted by molar-refractivity contribution is 7.98. The number of nitrogens with one attached hydrogen (secondary N) is 1. The van der Waals surface area contributed by atoms with E-state index in [1.54, 1.807) is 23.1 Å². The number of hydrogen-bond donors (Lipinski definition) is 1. The van der Waals surface area contributed by atoms with E-state index >= 15 is 0 Å². The molecule has 1 N–H and O–H groups in total. The van der Waals surface area contributed by atoms with Crippen molar-refractivity contribution in [3.8, 4) is 0 Å². The predicted molar refractivity (Wildman–Crippen MR) is 90.6 cm³/mol. The average molecular weight is 300 g/mol. The van der Waals surface area contributed by atoms with Gasteiger partial charge >= 0.3 is 0 Å². The number of thioether (sulfide) groups is 1. The van der Waals surface area contributed by atoms with Crippen molar-refractivity contribution in [3.05, 3.63) is 47.5 Å². The van der Waals surface area contributed by atoms with Crippen LogP contribution in [-0.2, 0) is 0 Å². The Morgan fingerprint density at radius 2 is 2.00 bits per heavy atom. The van der Waals surface area contributed by atoms with E-state index < -0.39 is 0 Å². The van der Waals surface area contributed by atoms with E-state index in [4.69, 9.17) is 0 Å². The van der Waals surface area contributed by atoms with Gasteiger partial charge in [-0.2, -0.15) is 0 Å². The Hall–Kier alpha value is -1.52. The molecule has 0 atom stereocenters. The predicted octanol–water partition coefficient (Wildman–Crippen LogP) is 5.38. The summed E-state index contributed by atoms with van der Waals surface area (Å²) in [6.07, 6.45) is 2.09. The minimum Gasteiger partial charge on any atom is -0.331 e. The molecule has 2 nitrogen and oxygen atoms in total. The van der Waals surface area contributed by atoms with Crippen molar-refractivity contribution in [2.75, 3.05) is 11.6 Å². The lowest BCUT2D eigenvalue weighted by atomic mass is 10.1. The molecule has 102 valence electrons. The summed E-state index contributed by atoms with van der Waals surface area (Å²) < 4.78 is 1.23. The molecule has 0 aliphatic rings. The largest absolute Gasteiger partial charge is 0.331 e. The number of nitrogens with zero attached hydrogens (tertiary/aromatic N) is 1. The average Bonchev–Trinajstić information content (AvgIpc) is 2.85. The first-order valence-corrected chi connectivity index (χ1v) is 8.49. The smallest absolute Gasteiger partial charge is 0.188 e. The fourth-order valence-electron chi connectivity index (χ4n) is 2.09. The second kappa shape index (κ2) is 5.46. The quantitative estimate of drug-likeness (QED) is 0.657. The molecule has 0 radical (unpaired) electrons. The zero-order chi connectivity index (χ0) is 14.1. The molecule has 1 heterocycles. The molecule has 3 aromatic rings. The molecule has 0 fully saturated rings. The molecular weight excluding hydrogens is 284 g/mol. The van der Waals surface area contributed by atoms with Gasteiger partial charge in [-0.25, -0.2) is 4.98 Å². The van der Waals surface area contributed by atoms with Gasteiger partial charge in [-0.15, -0.1) is 11.8 Å². The van der Waals surface area contributed by atoms with Crippen LogP contribution in [0, 0.1) is 13.8 Å². The zero-order valence-corrected chi connectivity index (χ0v) is 13.4. The first kappa shape index (κ1) is 13.5. The molecule has 0 amide bonds. The van der Waals surface area contributed by atoms with E-state index in [-0.39, 0.29) is 0 Å². The van der Waals surface area contributed by atoms with Crippen LogP contribution >= 0.6 is 23.1 Å². The third-order valence-corrected chi connectivity index (χ3v) is 5.10. The first-order valence-electron chi connectivity index (χ1n) is 6.45. The maximum atomic E-state index is 4.65. The molecule has 1 aromatic heterocycles. The number of thiazole rings is 1. The summed E-state index contributed by atoms with van der Waals surface area (Å²) in [5, 5.41) is 4.39. The lowest BCUT2D eigenvalue weighted by Crippen LogP contribution is -1.93. The maximum Gasteiger partial charge on any atom is 0.188 e. The van der Waals surface area contributed by atoms with Crippen molar-refractivity contribution >= 4 is 44.1 Å². The topological polar surface area (TPSA) is 24.9 Å². The number of rotatable bonds is 3. The summed E-state index contributed by atoms with van der Waals surface area (Å²) >= 11 is 3.46. The minimum absolute atomic E-state index is 0.951. The Bertz CT molecular complexity index is 762. The van der Waals surface area contributed by atoms with Crippen LogP contribution in [0.3, 0.4) is 0 Å². The third-order valence-electron chi connectivity index (χ3n) is 3.44. The minimum atomic E-state index is 0.951. The molecule has 2 aromatic carbocycles. The molecule has 0 aliphatic carbocycles. The van der Waals surface area contributed by atoms with Gasteiger partial charge in [-0.3, -0.25) is 0 Å². The summed E-state index contributed by atoms with van der Waals surface area (Å²) in [6, 6.07) is 12.7. The first-order chi connectivity index (χ1) is 9.67. The highest BCUT2D eigenvalue weighted by atomic mass is 32.2. The highest BCUT2D eigenvalue weighted by Gasteiger charge is 2.07. The molecule has 3 rings (SSSR count). The van der Waals surface area contributed by atoms with Gasteiger partial charge in [0.25, 0.3) is 0 Å². The molecule has 0 bridgehead atoms. The molecule has 0 saturated heterocycles. The van der Waals surface area contributed by atoms with Crippen LogP contribution in [0.1, 0.15) is 11.1 Å². The Labute approximate surface area is 127 Å². The van der Waals surface area contributed by atoms with Crippen LogP contribution in [0.4, 0.5) is 10.8 Å². The Morgan fingerprint density at radius 1 is 1.15 bits per heavy atom. The van der Waals surface area contributed by atoms with E-state index in [1.165, 1.54) is 20.7 Å². The molecule has 0 unspecified atom stereocenters. The van der Waals surface area contributed by atoms with Crippen molar-refractivity contribution in [1.82, 2.24) is 4.98 Å². The van der Waals surface area contributed by atoms with Crippen LogP contribution in [0.25, 0.3) is 10.2 Å². The van der Waals surface area contributed by atoms with Gasteiger partial charge in [0.15, 0.2) is 5.13 Å². The normalized spacial score (nSPS) is 10.9. The number of anilines is 2. The van der Waals surface area contributed by atoms with Gasteiger partial charge in [-0.05, 0) is 55.5 Å². The summed E-state index contributed by atoms with van der Waals surface area (Å²) in [4.78, 5) is 5.93. The van der Waals surface area contributed by atoms with Gasteiger partial charge in [-0.1, -0.05) is 23.5 Å². The van der Waals surface area contributed by atoms with Crippen LogP contribution in [0.15, 0.2) is 41.3 Å². The molecule has 0 aliphatic heterocycles. The summed E-state index contributed by atoms with van der Waals surface area (Å²) in [6.45, 7) is 4.26. The lowest BCUT2D eigenvalue weighted by molar-refractivity contribution is 1.32. The second-order valence-electron chi connectivity index (χ2n) is 4.73. The van der Waals surface area contributed by atoms with E-state index in [0.29, 0.717) is 0 Å². The molecule has 20 heavy (non-hydrogen) atoms. The van der Waals surface area contributed by atoms with Crippen LogP contribution in [0.5, 0.6) is 0 Å². The number of fused-ring (bicyclic) bond motifs is 1. The fraction of sp³-hybridized carbons (Fsp3) is 0.188. The highest BCUT2D eigenvalue weighted by Crippen LogP contribution is 2.32. The van der Waals surface area contributed by atoms with Gasteiger partial charge < -0.3 is 5.32 Å². The summed E-state index contributed by atoms with van der Waals surface area (Å²) in [5.74, 6) is 0.